The smallest absolute Gasteiger partial charge is 0.253 e. The first-order valence-corrected chi connectivity index (χ1v) is 8.38. The Morgan fingerprint density at radius 1 is 1.21 bits per heavy atom. The van der Waals surface area contributed by atoms with E-state index in [1.165, 1.54) is 4.57 Å². The van der Waals surface area contributed by atoms with E-state index in [0.29, 0.717) is 12.5 Å². The highest BCUT2D eigenvalue weighted by atomic mass is 16.2. The van der Waals surface area contributed by atoms with Crippen LogP contribution in [0.15, 0.2) is 17.1 Å². The minimum Gasteiger partial charge on any atom is -0.368 e. The maximum atomic E-state index is 12.6. The molecule has 0 radical (unpaired) electrons. The van der Waals surface area contributed by atoms with Gasteiger partial charge in [-0.25, -0.2) is 0 Å². The van der Waals surface area contributed by atoms with Crippen LogP contribution in [0.2, 0.25) is 0 Å². The average molecular weight is 332 g/mol. The average Bonchev–Trinajstić information content (AvgIpc) is 2.52. The van der Waals surface area contributed by atoms with Gasteiger partial charge in [-0.1, -0.05) is 0 Å². The third kappa shape index (κ3) is 3.08. The molecule has 2 atom stereocenters. The maximum Gasteiger partial charge on any atom is 0.253 e. The molecule has 1 N–H and O–H groups in total. The summed E-state index contributed by atoms with van der Waals surface area (Å²) in [5.74, 6) is -0.669. The molecule has 1 aromatic rings. The summed E-state index contributed by atoms with van der Waals surface area (Å²) < 4.78 is 1.46. The molecule has 130 valence electrons. The molecule has 3 rings (SSSR count). The molecular weight excluding hydrogens is 308 g/mol. The van der Waals surface area contributed by atoms with Gasteiger partial charge in [-0.3, -0.25) is 19.7 Å². The fourth-order valence-corrected chi connectivity index (χ4v) is 3.44. The Kier molecular flexibility index (Phi) is 4.45. The summed E-state index contributed by atoms with van der Waals surface area (Å²) in [4.78, 5) is 40.4. The molecule has 1 aromatic heterocycles. The highest BCUT2D eigenvalue weighted by Crippen LogP contribution is 2.23. The van der Waals surface area contributed by atoms with Gasteiger partial charge in [0.1, 0.15) is 6.04 Å². The quantitative estimate of drug-likeness (QED) is 0.787. The molecule has 2 saturated heterocycles. The lowest BCUT2D eigenvalue weighted by Gasteiger charge is -2.39. The van der Waals surface area contributed by atoms with Crippen molar-refractivity contribution in [1.29, 1.82) is 0 Å². The fraction of sp³-hybridized carbons (Fsp3) is 0.588. The van der Waals surface area contributed by atoms with E-state index in [4.69, 9.17) is 0 Å². The van der Waals surface area contributed by atoms with Crippen molar-refractivity contribution in [1.82, 2.24) is 14.8 Å². The van der Waals surface area contributed by atoms with Gasteiger partial charge < -0.3 is 14.4 Å². The summed E-state index contributed by atoms with van der Waals surface area (Å²) in [5.41, 5.74) is 1.70. The third-order valence-electron chi connectivity index (χ3n) is 5.10. The SMILES string of the molecule is Cc1cn(C2CCC(=O)NC2=O)c(=O)cc1N1CCN(C)C(C)C1. The number of pyridine rings is 1. The number of hydrogen-bond donors (Lipinski definition) is 1. The van der Waals surface area contributed by atoms with E-state index in [1.54, 1.807) is 12.3 Å². The summed E-state index contributed by atoms with van der Waals surface area (Å²) in [5, 5.41) is 2.31. The number of piperidine rings is 1. The van der Waals surface area contributed by atoms with Crippen LogP contribution in [-0.4, -0.2) is 54.0 Å². The maximum absolute atomic E-state index is 12.6. The van der Waals surface area contributed by atoms with Crippen LogP contribution in [0.25, 0.3) is 0 Å². The van der Waals surface area contributed by atoms with Crippen LogP contribution in [0.5, 0.6) is 0 Å². The minimum absolute atomic E-state index is 0.198. The topological polar surface area (TPSA) is 74.6 Å². The van der Waals surface area contributed by atoms with E-state index in [1.807, 2.05) is 6.92 Å². The molecule has 2 unspecified atom stereocenters. The summed E-state index contributed by atoms with van der Waals surface area (Å²) >= 11 is 0. The minimum atomic E-state index is -0.602. The van der Waals surface area contributed by atoms with Crippen molar-refractivity contribution in [3.05, 3.63) is 28.2 Å². The number of amides is 2. The number of aryl methyl sites for hydroxylation is 1. The number of hydrogen-bond acceptors (Lipinski definition) is 5. The normalized spacial score (nSPS) is 25.7. The van der Waals surface area contributed by atoms with Gasteiger partial charge in [-0.15, -0.1) is 0 Å². The molecule has 24 heavy (non-hydrogen) atoms. The Bertz CT molecular complexity index is 727. The predicted molar refractivity (Wildman–Crippen MR) is 91.2 cm³/mol. The molecule has 2 aliphatic heterocycles. The van der Waals surface area contributed by atoms with Crippen molar-refractivity contribution in [2.45, 2.75) is 38.8 Å². The molecule has 0 bridgehead atoms. The second-order valence-electron chi connectivity index (χ2n) is 6.83. The first-order chi connectivity index (χ1) is 11.4. The molecule has 7 nitrogen and oxygen atoms in total. The number of nitrogens with zero attached hydrogens (tertiary/aromatic N) is 3. The van der Waals surface area contributed by atoms with E-state index >= 15 is 0 Å². The van der Waals surface area contributed by atoms with Gasteiger partial charge in [0.15, 0.2) is 0 Å². The first kappa shape index (κ1) is 16.7. The fourth-order valence-electron chi connectivity index (χ4n) is 3.44. The van der Waals surface area contributed by atoms with Crippen LogP contribution in [0.1, 0.15) is 31.4 Å². The van der Waals surface area contributed by atoms with Crippen LogP contribution in [0.4, 0.5) is 5.69 Å². The molecule has 3 heterocycles. The number of nitrogens with one attached hydrogen (secondary N) is 1. The molecule has 2 aliphatic rings. The number of carbonyl (C=O) groups excluding carboxylic acids is 2. The van der Waals surface area contributed by atoms with Gasteiger partial charge in [-0.05, 0) is 32.9 Å². The van der Waals surface area contributed by atoms with Crippen LogP contribution in [-0.2, 0) is 9.59 Å². The molecular formula is C17H24N4O3. The number of anilines is 1. The van der Waals surface area contributed by atoms with Crippen LogP contribution in [0.3, 0.4) is 0 Å². The lowest BCUT2D eigenvalue weighted by Crippen LogP contribution is -2.50. The summed E-state index contributed by atoms with van der Waals surface area (Å²) in [6, 6.07) is 1.45. The number of aromatic nitrogens is 1. The van der Waals surface area contributed by atoms with Crippen molar-refractivity contribution < 1.29 is 9.59 Å². The van der Waals surface area contributed by atoms with E-state index in [0.717, 1.165) is 30.9 Å². The van der Waals surface area contributed by atoms with Crippen LogP contribution in [0, 0.1) is 6.92 Å². The zero-order valence-corrected chi connectivity index (χ0v) is 14.4. The standard InChI is InChI=1S/C17H24N4O3/c1-11-9-21(13-4-5-15(22)18-17(13)24)16(23)8-14(11)20-7-6-19(3)12(2)10-20/h8-9,12-13H,4-7,10H2,1-3H3,(H,18,22,24). The number of imide groups is 1. The van der Waals surface area contributed by atoms with Crippen LogP contribution >= 0.6 is 0 Å². The molecule has 0 saturated carbocycles. The molecule has 0 aromatic carbocycles. The van der Waals surface area contributed by atoms with E-state index in [-0.39, 0.29) is 17.9 Å². The highest BCUT2D eigenvalue weighted by Gasteiger charge is 2.29. The molecule has 7 heteroatoms. The Labute approximate surface area is 141 Å². The lowest BCUT2D eigenvalue weighted by molar-refractivity contribution is -0.135. The molecule has 2 fully saturated rings. The van der Waals surface area contributed by atoms with Gasteiger partial charge >= 0.3 is 0 Å². The van der Waals surface area contributed by atoms with E-state index < -0.39 is 11.9 Å². The number of carbonyl (C=O) groups is 2. The Morgan fingerprint density at radius 2 is 1.96 bits per heavy atom. The Hall–Kier alpha value is -2.15. The van der Waals surface area contributed by atoms with Crippen molar-refractivity contribution in [2.75, 3.05) is 31.6 Å². The monoisotopic (exact) mass is 332 g/mol. The van der Waals surface area contributed by atoms with Gasteiger partial charge in [0.25, 0.3) is 5.56 Å². The van der Waals surface area contributed by atoms with E-state index in [9.17, 15) is 14.4 Å². The van der Waals surface area contributed by atoms with Gasteiger partial charge in [-0.2, -0.15) is 0 Å². The summed E-state index contributed by atoms with van der Waals surface area (Å²) in [6.45, 7) is 6.84. The molecule has 0 spiro atoms. The molecule has 0 aliphatic carbocycles. The Morgan fingerprint density at radius 3 is 2.62 bits per heavy atom. The predicted octanol–water partition coefficient (Wildman–Crippen LogP) is 0.275. The highest BCUT2D eigenvalue weighted by molar-refractivity contribution is 5.99. The van der Waals surface area contributed by atoms with Crippen molar-refractivity contribution >= 4 is 17.5 Å². The summed E-state index contributed by atoms with van der Waals surface area (Å²) in [7, 11) is 2.11. The Balaban J connectivity index is 1.88. The van der Waals surface area contributed by atoms with Crippen molar-refractivity contribution in [3.63, 3.8) is 0 Å². The largest absolute Gasteiger partial charge is 0.368 e. The zero-order chi connectivity index (χ0) is 17.4. The van der Waals surface area contributed by atoms with Gasteiger partial charge in [0.05, 0.1) is 0 Å². The first-order valence-electron chi connectivity index (χ1n) is 8.38. The second kappa shape index (κ2) is 6.39. The third-order valence-corrected chi connectivity index (χ3v) is 5.10. The number of likely N-dealkylation sites (N-methyl/N-ethyl adjacent to an activating group) is 1. The van der Waals surface area contributed by atoms with Crippen molar-refractivity contribution in [2.24, 2.45) is 0 Å². The number of piperazine rings is 1. The second-order valence-corrected chi connectivity index (χ2v) is 6.83. The van der Waals surface area contributed by atoms with Crippen molar-refractivity contribution in [3.8, 4) is 0 Å². The van der Waals surface area contributed by atoms with E-state index in [2.05, 4.69) is 29.1 Å². The lowest BCUT2D eigenvalue weighted by atomic mass is 10.0. The van der Waals surface area contributed by atoms with Gasteiger partial charge in [0, 0.05) is 50.0 Å². The zero-order valence-electron chi connectivity index (χ0n) is 14.4. The number of rotatable bonds is 2. The molecule has 2 amide bonds. The van der Waals surface area contributed by atoms with Gasteiger partial charge in [0.2, 0.25) is 11.8 Å². The summed E-state index contributed by atoms with van der Waals surface area (Å²) in [6.07, 6.45) is 2.38. The van der Waals surface area contributed by atoms with Crippen LogP contribution < -0.4 is 15.8 Å².